The van der Waals surface area contributed by atoms with Gasteiger partial charge in [-0.2, -0.15) is 5.10 Å². The zero-order valence-electron chi connectivity index (χ0n) is 20.3. The summed E-state index contributed by atoms with van der Waals surface area (Å²) in [6.07, 6.45) is 7.87. The summed E-state index contributed by atoms with van der Waals surface area (Å²) in [6.45, 7) is 4.14. The number of likely N-dealkylation sites (N-methyl/N-ethyl adjacent to an activating group) is 1. The van der Waals surface area contributed by atoms with E-state index in [0.29, 0.717) is 5.57 Å². The Morgan fingerprint density at radius 2 is 1.70 bits per heavy atom. The van der Waals surface area contributed by atoms with Gasteiger partial charge in [-0.1, -0.05) is 30.3 Å². The predicted molar refractivity (Wildman–Crippen MR) is 156 cm³/mol. The molecule has 2 aliphatic heterocycles. The van der Waals surface area contributed by atoms with Gasteiger partial charge in [-0.15, -0.1) is 24.8 Å². The van der Waals surface area contributed by atoms with Crippen molar-refractivity contribution in [2.45, 2.75) is 0 Å². The van der Waals surface area contributed by atoms with Crippen LogP contribution in [0.15, 0.2) is 60.8 Å². The Balaban J connectivity index is 0.00000160. The average Bonchev–Trinajstić information content (AvgIpc) is 3.43. The lowest BCUT2D eigenvalue weighted by Gasteiger charge is -2.33. The molecule has 0 aliphatic carbocycles. The molecule has 0 bridgehead atoms. The van der Waals surface area contributed by atoms with Crippen LogP contribution < -0.4 is 10.2 Å². The van der Waals surface area contributed by atoms with Gasteiger partial charge >= 0.3 is 0 Å². The Bertz CT molecular complexity index is 1470. The number of fused-ring (bicyclic) bond motifs is 2. The molecule has 2 aliphatic rings. The highest BCUT2D eigenvalue weighted by atomic mass is 35.5. The molecule has 4 aromatic rings. The van der Waals surface area contributed by atoms with Crippen molar-refractivity contribution < 1.29 is 4.79 Å². The SMILES string of the molecule is CN1CCN(c2ccc(C=Cc3n[nH]c4cc(C=C5C(=O)Nc6ccccc65)ccc34)cn2)CC1.Cl.Cl. The van der Waals surface area contributed by atoms with Gasteiger partial charge in [0.1, 0.15) is 5.82 Å². The lowest BCUT2D eigenvalue weighted by atomic mass is 10.0. The number of carbonyl (C=O) groups excluding carboxylic acids is 1. The van der Waals surface area contributed by atoms with Crippen molar-refractivity contribution in [3.63, 3.8) is 0 Å². The number of hydrogen-bond donors (Lipinski definition) is 2. The largest absolute Gasteiger partial charge is 0.354 e. The van der Waals surface area contributed by atoms with Crippen LogP contribution in [-0.4, -0.2) is 59.2 Å². The molecule has 190 valence electrons. The van der Waals surface area contributed by atoms with Gasteiger partial charge in [-0.05, 0) is 60.7 Å². The number of pyridine rings is 1. The van der Waals surface area contributed by atoms with E-state index in [1.165, 1.54) is 0 Å². The number of piperazine rings is 1. The highest BCUT2D eigenvalue weighted by molar-refractivity contribution is 6.34. The molecular formula is C28H28Cl2N6O. The number of nitrogens with zero attached hydrogens (tertiary/aromatic N) is 4. The second kappa shape index (κ2) is 11.2. The first-order valence-corrected chi connectivity index (χ1v) is 11.8. The number of aromatic amines is 1. The fraction of sp³-hybridized carbons (Fsp3) is 0.179. The lowest BCUT2D eigenvalue weighted by molar-refractivity contribution is -0.110. The predicted octanol–water partition coefficient (Wildman–Crippen LogP) is 5.22. The van der Waals surface area contributed by atoms with Gasteiger partial charge in [0.25, 0.3) is 5.91 Å². The maximum absolute atomic E-state index is 12.4. The molecule has 0 unspecified atom stereocenters. The minimum atomic E-state index is -0.0771. The van der Waals surface area contributed by atoms with E-state index in [2.05, 4.69) is 49.5 Å². The third-order valence-electron chi connectivity index (χ3n) is 6.67. The number of amides is 1. The molecule has 0 atom stereocenters. The summed E-state index contributed by atoms with van der Waals surface area (Å²) in [4.78, 5) is 21.8. The quantitative estimate of drug-likeness (QED) is 0.351. The topological polar surface area (TPSA) is 77.1 Å². The van der Waals surface area contributed by atoms with Crippen molar-refractivity contribution in [1.29, 1.82) is 0 Å². The van der Waals surface area contributed by atoms with E-state index in [1.54, 1.807) is 0 Å². The molecule has 2 aromatic heterocycles. The third-order valence-corrected chi connectivity index (χ3v) is 6.67. The number of nitrogens with one attached hydrogen (secondary N) is 2. The molecule has 1 fully saturated rings. The number of aromatic nitrogens is 3. The molecule has 4 heterocycles. The van der Waals surface area contributed by atoms with Crippen molar-refractivity contribution in [2.24, 2.45) is 0 Å². The van der Waals surface area contributed by atoms with E-state index in [-0.39, 0.29) is 30.7 Å². The summed E-state index contributed by atoms with van der Waals surface area (Å²) in [5.41, 5.74) is 6.23. The van der Waals surface area contributed by atoms with Gasteiger partial charge in [0.15, 0.2) is 0 Å². The van der Waals surface area contributed by atoms with Crippen molar-refractivity contribution in [3.8, 4) is 0 Å². The van der Waals surface area contributed by atoms with Crippen LogP contribution in [0.5, 0.6) is 0 Å². The Kier molecular flexibility index (Phi) is 7.97. The average molecular weight is 535 g/mol. The summed E-state index contributed by atoms with van der Waals surface area (Å²) >= 11 is 0. The molecule has 7 nitrogen and oxygen atoms in total. The Morgan fingerprint density at radius 1 is 0.919 bits per heavy atom. The van der Waals surface area contributed by atoms with Crippen molar-refractivity contribution >= 4 is 76.9 Å². The first kappa shape index (κ1) is 26.4. The van der Waals surface area contributed by atoms with Gasteiger partial charge in [-0.3, -0.25) is 9.89 Å². The van der Waals surface area contributed by atoms with E-state index in [0.717, 1.165) is 71.0 Å². The zero-order valence-corrected chi connectivity index (χ0v) is 22.0. The third kappa shape index (κ3) is 5.39. The maximum Gasteiger partial charge on any atom is 0.256 e. The molecule has 0 radical (unpaired) electrons. The monoisotopic (exact) mass is 534 g/mol. The van der Waals surface area contributed by atoms with Crippen molar-refractivity contribution in [1.82, 2.24) is 20.1 Å². The Hall–Kier alpha value is -3.65. The van der Waals surface area contributed by atoms with Crippen LogP contribution in [-0.2, 0) is 4.79 Å². The molecule has 37 heavy (non-hydrogen) atoms. The number of hydrogen-bond acceptors (Lipinski definition) is 5. The van der Waals surface area contributed by atoms with E-state index >= 15 is 0 Å². The van der Waals surface area contributed by atoms with Gasteiger partial charge in [0, 0.05) is 54.6 Å². The number of halogens is 2. The minimum absolute atomic E-state index is 0. The summed E-state index contributed by atoms with van der Waals surface area (Å²) in [5.74, 6) is 0.951. The number of rotatable bonds is 4. The van der Waals surface area contributed by atoms with Crippen LogP contribution in [0.1, 0.15) is 22.4 Å². The Labute approximate surface area is 228 Å². The van der Waals surface area contributed by atoms with Crippen LogP contribution in [0.25, 0.3) is 34.7 Å². The molecule has 0 saturated carbocycles. The van der Waals surface area contributed by atoms with Crippen LogP contribution in [0.3, 0.4) is 0 Å². The summed E-state index contributed by atoms with van der Waals surface area (Å²) in [6, 6.07) is 18.0. The maximum atomic E-state index is 12.4. The number of H-pyrrole nitrogens is 1. The first-order chi connectivity index (χ1) is 17.1. The normalized spacial score (nSPS) is 16.5. The zero-order chi connectivity index (χ0) is 23.8. The second-order valence-electron chi connectivity index (χ2n) is 9.04. The van der Waals surface area contributed by atoms with E-state index in [4.69, 9.17) is 0 Å². The van der Waals surface area contributed by atoms with Crippen LogP contribution in [0, 0.1) is 0 Å². The van der Waals surface area contributed by atoms with Crippen molar-refractivity contribution in [2.75, 3.05) is 43.4 Å². The van der Waals surface area contributed by atoms with Crippen LogP contribution >= 0.6 is 24.8 Å². The Morgan fingerprint density at radius 3 is 2.49 bits per heavy atom. The molecule has 6 rings (SSSR count). The number of benzene rings is 2. The molecule has 1 amide bonds. The van der Waals surface area contributed by atoms with E-state index in [9.17, 15) is 4.79 Å². The highest BCUT2D eigenvalue weighted by Crippen LogP contribution is 2.33. The van der Waals surface area contributed by atoms with Crippen LogP contribution in [0.4, 0.5) is 11.5 Å². The number of anilines is 2. The molecular weight excluding hydrogens is 507 g/mol. The summed E-state index contributed by atoms with van der Waals surface area (Å²) in [7, 11) is 2.16. The summed E-state index contributed by atoms with van der Waals surface area (Å²) < 4.78 is 0. The van der Waals surface area contributed by atoms with Gasteiger partial charge < -0.3 is 15.1 Å². The summed E-state index contributed by atoms with van der Waals surface area (Å²) in [5, 5.41) is 11.6. The number of carbonyl (C=O) groups is 1. The molecule has 1 saturated heterocycles. The lowest BCUT2D eigenvalue weighted by Crippen LogP contribution is -2.44. The molecule has 2 N–H and O–H groups in total. The first-order valence-electron chi connectivity index (χ1n) is 11.8. The molecule has 9 heteroatoms. The number of para-hydroxylation sites is 1. The fourth-order valence-electron chi connectivity index (χ4n) is 4.62. The highest BCUT2D eigenvalue weighted by Gasteiger charge is 2.23. The van der Waals surface area contributed by atoms with E-state index in [1.807, 2.05) is 66.9 Å². The fourth-order valence-corrected chi connectivity index (χ4v) is 4.62. The van der Waals surface area contributed by atoms with Gasteiger partial charge in [0.2, 0.25) is 0 Å². The molecule has 0 spiro atoms. The minimum Gasteiger partial charge on any atom is -0.354 e. The van der Waals surface area contributed by atoms with Gasteiger partial charge in [-0.25, -0.2) is 4.98 Å². The van der Waals surface area contributed by atoms with E-state index < -0.39 is 0 Å². The van der Waals surface area contributed by atoms with Crippen LogP contribution in [0.2, 0.25) is 0 Å². The van der Waals surface area contributed by atoms with Crippen molar-refractivity contribution in [3.05, 3.63) is 83.2 Å². The van der Waals surface area contributed by atoms with Gasteiger partial charge in [0.05, 0.1) is 11.2 Å². The second-order valence-corrected chi connectivity index (χ2v) is 9.04. The standard InChI is InChI=1S/C28H26N6O.2ClH/c1-33-12-14-34(15-13-33)27-11-8-19(18-29-27)7-10-25-22-9-6-20(17-26(22)32-31-25)16-23-21-4-2-3-5-24(21)30-28(23)35;;/h2-11,16-18H,12-15H2,1H3,(H,30,35)(H,31,32);2*1H. The smallest absolute Gasteiger partial charge is 0.256 e. The molecule has 2 aromatic carbocycles.